The quantitative estimate of drug-likeness (QED) is 0.0137. The average Bonchev–Trinajstić information content (AvgIpc) is 0.799. The predicted octanol–water partition coefficient (Wildman–Crippen LogP) is 11.6. The molecule has 0 aliphatic rings. The second-order valence-electron chi connectivity index (χ2n) is 26.0. The molecule has 0 aliphatic carbocycles. The third-order valence-electron chi connectivity index (χ3n) is 16.8. The van der Waals surface area contributed by atoms with Gasteiger partial charge in [0.1, 0.15) is 19.3 Å². The van der Waals surface area contributed by atoms with E-state index < -0.39 is 59.2 Å². The smallest absolute Gasteiger partial charge is 0.329 e. The van der Waals surface area contributed by atoms with Crippen LogP contribution in [-0.4, -0.2) is 265 Å². The van der Waals surface area contributed by atoms with Crippen molar-refractivity contribution in [2.45, 2.75) is 161 Å². The Hall–Kier alpha value is -5.98. The first-order chi connectivity index (χ1) is 55.4. The van der Waals surface area contributed by atoms with Crippen molar-refractivity contribution in [3.63, 3.8) is 0 Å². The first-order valence-electron chi connectivity index (χ1n) is 40.3. The second-order valence-corrected chi connectivity index (χ2v) is 26.0. The van der Waals surface area contributed by atoms with Crippen LogP contribution < -0.4 is 10.1 Å². The SMILES string of the molecule is CCCCCCCCCCCN(C(=O)CCCCCCCCCC(=O)OCc1ccccc1)[C@@H](CCC(=O)NCCOCCOCCOCCOCCOCCOCCOCCOCCOCCOCCOCCOCCOCCOCCOCCOCCC(=O)Oc1c(F)c(F)c(F)c(F)c1F)C(=O)OCc1ccccc1. The molecule has 3 rings (SSSR count). The molecule has 1 atom stereocenters. The molecule has 0 fully saturated rings. The minimum Gasteiger partial charge on any atom is -0.461 e. The molecule has 1 N–H and O–H groups in total. The van der Waals surface area contributed by atoms with Crippen molar-refractivity contribution in [2.24, 2.45) is 0 Å². The van der Waals surface area contributed by atoms with Crippen molar-refractivity contribution in [1.82, 2.24) is 10.2 Å². The Kier molecular flexibility index (Phi) is 65.9. The maximum Gasteiger partial charge on any atom is 0.329 e. The van der Waals surface area contributed by atoms with Gasteiger partial charge in [0, 0.05) is 32.4 Å². The van der Waals surface area contributed by atoms with Gasteiger partial charge < -0.3 is 100 Å². The van der Waals surface area contributed by atoms with E-state index in [2.05, 4.69) is 17.0 Å². The van der Waals surface area contributed by atoms with E-state index in [1.165, 1.54) is 32.1 Å². The number of rotatable bonds is 81. The van der Waals surface area contributed by atoms with Gasteiger partial charge in [-0.2, -0.15) is 8.78 Å². The average molecular weight is 1620 g/mol. The Bertz CT molecular complexity index is 2770. The molecule has 0 aromatic heterocycles. The molecular formula is C82H129F5N2O24. The van der Waals surface area contributed by atoms with Crippen LogP contribution in [-0.2, 0) is 122 Å². The van der Waals surface area contributed by atoms with Gasteiger partial charge in [0.15, 0.2) is 0 Å². The van der Waals surface area contributed by atoms with Crippen LogP contribution in [0.3, 0.4) is 0 Å². The van der Waals surface area contributed by atoms with E-state index in [9.17, 15) is 45.9 Å². The number of carbonyl (C=O) groups excluding carboxylic acids is 5. The maximum atomic E-state index is 14.1. The van der Waals surface area contributed by atoms with E-state index in [0.717, 1.165) is 75.3 Å². The van der Waals surface area contributed by atoms with Crippen LogP contribution >= 0.6 is 0 Å². The lowest BCUT2D eigenvalue weighted by Crippen LogP contribution is -2.47. The normalized spacial score (nSPS) is 11.7. The van der Waals surface area contributed by atoms with Crippen molar-refractivity contribution in [3.05, 3.63) is 101 Å². The minimum atomic E-state index is -2.36. The lowest BCUT2D eigenvalue weighted by molar-refractivity contribution is -0.157. The van der Waals surface area contributed by atoms with Gasteiger partial charge in [-0.25, -0.2) is 18.0 Å². The highest BCUT2D eigenvalue weighted by atomic mass is 19.2. The molecule has 3 aromatic carbocycles. The van der Waals surface area contributed by atoms with Gasteiger partial charge in [-0.05, 0) is 36.8 Å². The van der Waals surface area contributed by atoms with Gasteiger partial charge in [-0.3, -0.25) is 19.2 Å². The van der Waals surface area contributed by atoms with Crippen LogP contribution in [0.15, 0.2) is 60.7 Å². The molecule has 31 heteroatoms. The van der Waals surface area contributed by atoms with Crippen LogP contribution in [0.2, 0.25) is 0 Å². The summed E-state index contributed by atoms with van der Waals surface area (Å²) in [6.07, 6.45) is 16.7. The van der Waals surface area contributed by atoms with Crippen LogP contribution in [0.5, 0.6) is 5.75 Å². The lowest BCUT2D eigenvalue weighted by atomic mass is 10.0. The molecule has 3 aromatic rings. The van der Waals surface area contributed by atoms with E-state index in [1.54, 1.807) is 4.90 Å². The highest BCUT2D eigenvalue weighted by Crippen LogP contribution is 2.29. The van der Waals surface area contributed by atoms with E-state index in [4.69, 9.17) is 85.3 Å². The highest BCUT2D eigenvalue weighted by Gasteiger charge is 2.32. The first-order valence-corrected chi connectivity index (χ1v) is 40.3. The largest absolute Gasteiger partial charge is 0.461 e. The number of benzene rings is 3. The summed E-state index contributed by atoms with van der Waals surface area (Å²) in [7, 11) is 0. The van der Waals surface area contributed by atoms with Gasteiger partial charge in [0.2, 0.25) is 46.6 Å². The molecular weight excluding hydrogens is 1490 g/mol. The fraction of sp³-hybridized carbons (Fsp3) is 0.720. The number of halogens is 5. The molecule has 113 heavy (non-hydrogen) atoms. The topological polar surface area (TPSA) is 276 Å². The van der Waals surface area contributed by atoms with Crippen molar-refractivity contribution < 1.29 is 136 Å². The van der Waals surface area contributed by atoms with E-state index >= 15 is 0 Å². The number of esters is 3. The van der Waals surface area contributed by atoms with E-state index in [-0.39, 0.29) is 90.0 Å². The summed E-state index contributed by atoms with van der Waals surface area (Å²) in [6.45, 7) is 14.7. The summed E-state index contributed by atoms with van der Waals surface area (Å²) in [4.78, 5) is 67.0. The number of nitrogens with zero attached hydrogens (tertiary/aromatic N) is 1. The number of amides is 2. The first kappa shape index (κ1) is 101. The van der Waals surface area contributed by atoms with Crippen LogP contribution in [0, 0.1) is 29.1 Å². The van der Waals surface area contributed by atoms with Crippen molar-refractivity contribution in [1.29, 1.82) is 0 Å². The molecule has 0 spiro atoms. The second kappa shape index (κ2) is 73.6. The van der Waals surface area contributed by atoms with Gasteiger partial charge in [-0.15, -0.1) is 0 Å². The monoisotopic (exact) mass is 1620 g/mol. The van der Waals surface area contributed by atoms with E-state index in [1.807, 2.05) is 60.7 Å². The fourth-order valence-corrected chi connectivity index (χ4v) is 10.7. The number of hydrogen-bond acceptors (Lipinski definition) is 24. The zero-order chi connectivity index (χ0) is 81.2. The van der Waals surface area contributed by atoms with Crippen molar-refractivity contribution in [2.75, 3.05) is 225 Å². The third-order valence-corrected chi connectivity index (χ3v) is 16.8. The summed E-state index contributed by atoms with van der Waals surface area (Å²) in [5, 5.41) is 2.90. The molecule has 0 bridgehead atoms. The molecule has 0 unspecified atom stereocenters. The molecule has 0 aliphatic heterocycles. The van der Waals surface area contributed by atoms with Crippen LogP contribution in [0.1, 0.15) is 153 Å². The number of ether oxygens (including phenoxy) is 19. The van der Waals surface area contributed by atoms with Crippen molar-refractivity contribution >= 4 is 29.7 Å². The Morgan fingerprint density at radius 3 is 1.01 bits per heavy atom. The number of unbranched alkanes of at least 4 members (excludes halogenated alkanes) is 14. The van der Waals surface area contributed by atoms with Crippen LogP contribution in [0.25, 0.3) is 0 Å². The molecule has 0 radical (unpaired) electrons. The number of hydrogen-bond donors (Lipinski definition) is 1. The van der Waals surface area contributed by atoms with E-state index in [0.29, 0.717) is 198 Å². The van der Waals surface area contributed by atoms with Crippen LogP contribution in [0.4, 0.5) is 22.0 Å². The zero-order valence-corrected chi connectivity index (χ0v) is 66.8. The zero-order valence-electron chi connectivity index (χ0n) is 66.8. The predicted molar refractivity (Wildman–Crippen MR) is 409 cm³/mol. The maximum absolute atomic E-state index is 14.1. The number of carbonyl (C=O) groups is 5. The van der Waals surface area contributed by atoms with Gasteiger partial charge >= 0.3 is 17.9 Å². The molecule has 646 valence electrons. The Labute approximate surface area is 665 Å². The van der Waals surface area contributed by atoms with Gasteiger partial charge in [0.05, 0.1) is 218 Å². The molecule has 26 nitrogen and oxygen atoms in total. The summed E-state index contributed by atoms with van der Waals surface area (Å²) in [5.74, 6) is -15.2. The molecule has 0 saturated carbocycles. The Balaban J connectivity index is 1.05. The van der Waals surface area contributed by atoms with Crippen molar-refractivity contribution in [3.8, 4) is 5.75 Å². The fourth-order valence-electron chi connectivity index (χ4n) is 10.7. The Morgan fingerprint density at radius 2 is 0.637 bits per heavy atom. The molecule has 0 heterocycles. The summed E-state index contributed by atoms with van der Waals surface area (Å²) >= 11 is 0. The Morgan fingerprint density at radius 1 is 0.327 bits per heavy atom. The van der Waals surface area contributed by atoms with Gasteiger partial charge in [-0.1, -0.05) is 151 Å². The summed E-state index contributed by atoms with van der Waals surface area (Å²) in [6, 6.07) is 18.2. The number of nitrogens with one attached hydrogen (secondary N) is 1. The molecule has 0 saturated heterocycles. The summed E-state index contributed by atoms with van der Waals surface area (Å²) < 4.78 is 170. The third kappa shape index (κ3) is 56.9. The lowest BCUT2D eigenvalue weighted by Gasteiger charge is -2.31. The molecule has 2 amide bonds. The standard InChI is InChI=1S/C82H129F5N2O24/c1-2-3-4-5-6-7-11-14-23-34-89(73(91)28-21-12-9-8-10-13-22-29-74(92)111-67-69-24-17-15-18-25-69)71(82(94)112-68-70-26-19-16-20-27-70)30-31-72(90)88-33-36-96-38-40-98-42-44-100-46-48-102-50-52-104-54-56-106-58-60-108-62-64-110-66-65-109-63-61-107-59-57-105-55-53-103-51-49-101-47-45-99-43-41-97-39-37-95-35-32-75(93)113-81-79(86)77(84)76(83)78(85)80(81)87/h15-20,24-27,71H,2-14,21-23,28-68H2,1H3,(H,88,90)/t71-/m0/s1. The van der Waals surface area contributed by atoms with Gasteiger partial charge in [0.25, 0.3) is 0 Å². The summed E-state index contributed by atoms with van der Waals surface area (Å²) in [5.41, 5.74) is 1.81. The minimum absolute atomic E-state index is 0.0351. The highest BCUT2D eigenvalue weighted by molar-refractivity contribution is 5.85.